The normalized spacial score (nSPS) is 11.0. The van der Waals surface area contributed by atoms with Gasteiger partial charge in [0.1, 0.15) is 0 Å². The number of nitrogens with zero attached hydrogens (tertiary/aromatic N) is 5. The molecule has 0 bridgehead atoms. The molecule has 0 saturated heterocycles. The molecule has 0 saturated carbocycles. The van der Waals surface area contributed by atoms with Gasteiger partial charge in [0.05, 0.1) is 11.4 Å². The van der Waals surface area contributed by atoms with Crippen molar-refractivity contribution in [3.8, 4) is 5.69 Å². The minimum atomic E-state index is 0.0653. The fraction of sp³-hybridized carbons (Fsp3) is 0.467. The van der Waals surface area contributed by atoms with E-state index in [1.165, 1.54) is 17.3 Å². The molecule has 7 heteroatoms. The van der Waals surface area contributed by atoms with E-state index in [1.807, 2.05) is 32.9 Å². The Bertz CT molecular complexity index is 668. The van der Waals surface area contributed by atoms with Crippen LogP contribution in [-0.4, -0.2) is 49.9 Å². The first-order valence-electron chi connectivity index (χ1n) is 7.15. The van der Waals surface area contributed by atoms with Gasteiger partial charge in [-0.2, -0.15) is 4.68 Å². The Kier molecular flexibility index (Phi) is 5.18. The van der Waals surface area contributed by atoms with Crippen molar-refractivity contribution in [2.24, 2.45) is 0 Å². The van der Waals surface area contributed by atoms with Crippen molar-refractivity contribution in [1.82, 2.24) is 25.1 Å². The first-order chi connectivity index (χ1) is 10.4. The monoisotopic (exact) mass is 319 g/mol. The summed E-state index contributed by atoms with van der Waals surface area (Å²) in [4.78, 5) is 13.8. The van der Waals surface area contributed by atoms with Gasteiger partial charge in [0.15, 0.2) is 0 Å². The summed E-state index contributed by atoms with van der Waals surface area (Å²) >= 11 is 1.35. The zero-order valence-corrected chi connectivity index (χ0v) is 14.4. The van der Waals surface area contributed by atoms with Gasteiger partial charge < -0.3 is 4.90 Å². The van der Waals surface area contributed by atoms with Crippen LogP contribution >= 0.6 is 11.8 Å². The number of rotatable bonds is 5. The van der Waals surface area contributed by atoms with Crippen LogP contribution in [0.15, 0.2) is 23.4 Å². The molecule has 0 spiro atoms. The van der Waals surface area contributed by atoms with Crippen molar-refractivity contribution in [3.63, 3.8) is 0 Å². The molecule has 2 aromatic rings. The molecule has 0 unspecified atom stereocenters. The second-order valence-corrected chi connectivity index (χ2v) is 6.42. The Labute approximate surface area is 134 Å². The van der Waals surface area contributed by atoms with E-state index in [9.17, 15) is 4.79 Å². The van der Waals surface area contributed by atoms with Crippen molar-refractivity contribution < 1.29 is 4.79 Å². The fourth-order valence-electron chi connectivity index (χ4n) is 1.90. The van der Waals surface area contributed by atoms with Crippen LogP contribution in [-0.2, 0) is 4.79 Å². The Hall–Kier alpha value is -1.89. The molecule has 1 aromatic heterocycles. The maximum atomic E-state index is 12.1. The predicted octanol–water partition coefficient (Wildman–Crippen LogP) is 2.24. The number of hydrogen-bond acceptors (Lipinski definition) is 5. The van der Waals surface area contributed by atoms with E-state index in [0.717, 1.165) is 11.3 Å². The van der Waals surface area contributed by atoms with E-state index in [1.54, 1.807) is 16.6 Å². The maximum absolute atomic E-state index is 12.1. The summed E-state index contributed by atoms with van der Waals surface area (Å²) in [6, 6.07) is 6.19. The van der Waals surface area contributed by atoms with E-state index in [0.29, 0.717) is 10.9 Å². The number of aromatic nitrogens is 4. The minimum Gasteiger partial charge on any atom is -0.343 e. The van der Waals surface area contributed by atoms with Crippen LogP contribution in [0, 0.1) is 13.8 Å². The SMILES string of the molecule is Cc1cccc(-n2nnnc2SCC(=O)N(C)C(C)C)c1C. The smallest absolute Gasteiger partial charge is 0.233 e. The molecule has 0 atom stereocenters. The van der Waals surface area contributed by atoms with Crippen molar-refractivity contribution >= 4 is 17.7 Å². The number of tetrazole rings is 1. The highest BCUT2D eigenvalue weighted by atomic mass is 32.2. The lowest BCUT2D eigenvalue weighted by molar-refractivity contribution is -0.128. The highest BCUT2D eigenvalue weighted by Gasteiger charge is 2.16. The third kappa shape index (κ3) is 3.47. The molecule has 0 N–H and O–H groups in total. The van der Waals surface area contributed by atoms with Crippen molar-refractivity contribution in [2.75, 3.05) is 12.8 Å². The van der Waals surface area contributed by atoms with Gasteiger partial charge >= 0.3 is 0 Å². The van der Waals surface area contributed by atoms with Gasteiger partial charge in [-0.15, -0.1) is 5.10 Å². The van der Waals surface area contributed by atoms with Crippen LogP contribution in [0.5, 0.6) is 0 Å². The van der Waals surface area contributed by atoms with E-state index >= 15 is 0 Å². The number of hydrogen-bond donors (Lipinski definition) is 0. The average Bonchev–Trinajstić information content (AvgIpc) is 2.95. The molecule has 6 nitrogen and oxygen atoms in total. The zero-order chi connectivity index (χ0) is 16.3. The molecule has 1 amide bonds. The van der Waals surface area contributed by atoms with Gasteiger partial charge in [-0.1, -0.05) is 23.9 Å². The molecule has 1 heterocycles. The third-order valence-corrected chi connectivity index (χ3v) is 4.64. The number of thioether (sulfide) groups is 1. The molecular weight excluding hydrogens is 298 g/mol. The second-order valence-electron chi connectivity index (χ2n) is 5.48. The van der Waals surface area contributed by atoms with Crippen molar-refractivity contribution in [1.29, 1.82) is 0 Å². The Balaban J connectivity index is 2.17. The van der Waals surface area contributed by atoms with E-state index in [4.69, 9.17) is 0 Å². The number of benzene rings is 1. The molecular formula is C15H21N5OS. The summed E-state index contributed by atoms with van der Waals surface area (Å²) in [6.07, 6.45) is 0. The van der Waals surface area contributed by atoms with Crippen LogP contribution < -0.4 is 0 Å². The summed E-state index contributed by atoms with van der Waals surface area (Å²) in [5, 5.41) is 12.5. The summed E-state index contributed by atoms with van der Waals surface area (Å²) in [5.41, 5.74) is 3.25. The lowest BCUT2D eigenvalue weighted by Gasteiger charge is -2.20. The quantitative estimate of drug-likeness (QED) is 0.791. The highest BCUT2D eigenvalue weighted by Crippen LogP contribution is 2.22. The lowest BCUT2D eigenvalue weighted by Crippen LogP contribution is -2.34. The van der Waals surface area contributed by atoms with Gasteiger partial charge in [0.25, 0.3) is 0 Å². The first kappa shape index (κ1) is 16.5. The van der Waals surface area contributed by atoms with E-state index in [2.05, 4.69) is 28.5 Å². The van der Waals surface area contributed by atoms with Crippen LogP contribution in [0.4, 0.5) is 0 Å². The Morgan fingerprint density at radius 1 is 1.36 bits per heavy atom. The summed E-state index contributed by atoms with van der Waals surface area (Å²) < 4.78 is 1.69. The van der Waals surface area contributed by atoms with Gasteiger partial charge in [0, 0.05) is 13.1 Å². The van der Waals surface area contributed by atoms with Gasteiger partial charge in [-0.05, 0) is 55.3 Å². The van der Waals surface area contributed by atoms with Crippen LogP contribution in [0.2, 0.25) is 0 Å². The lowest BCUT2D eigenvalue weighted by atomic mass is 10.1. The zero-order valence-electron chi connectivity index (χ0n) is 13.6. The highest BCUT2D eigenvalue weighted by molar-refractivity contribution is 7.99. The standard InChI is InChI=1S/C15H21N5OS/c1-10(2)19(5)14(21)9-22-15-16-17-18-20(15)13-8-6-7-11(3)12(13)4/h6-8,10H,9H2,1-5H3. The summed E-state index contributed by atoms with van der Waals surface area (Å²) in [6.45, 7) is 8.07. The molecule has 0 aliphatic heterocycles. The molecule has 0 aliphatic rings. The molecule has 118 valence electrons. The maximum Gasteiger partial charge on any atom is 0.233 e. The molecule has 0 radical (unpaired) electrons. The number of carbonyl (C=O) groups excluding carboxylic acids is 1. The molecule has 1 aromatic carbocycles. The largest absolute Gasteiger partial charge is 0.343 e. The van der Waals surface area contributed by atoms with Gasteiger partial charge in [0.2, 0.25) is 11.1 Å². The van der Waals surface area contributed by atoms with Gasteiger partial charge in [-0.3, -0.25) is 4.79 Å². The van der Waals surface area contributed by atoms with Crippen molar-refractivity contribution in [3.05, 3.63) is 29.3 Å². The van der Waals surface area contributed by atoms with Crippen molar-refractivity contribution in [2.45, 2.75) is 38.9 Å². The van der Waals surface area contributed by atoms with E-state index in [-0.39, 0.29) is 11.9 Å². The average molecular weight is 319 g/mol. The second kappa shape index (κ2) is 6.91. The Morgan fingerprint density at radius 3 is 2.77 bits per heavy atom. The Morgan fingerprint density at radius 2 is 2.09 bits per heavy atom. The minimum absolute atomic E-state index is 0.0653. The number of carbonyl (C=O) groups is 1. The summed E-state index contributed by atoms with van der Waals surface area (Å²) in [7, 11) is 1.81. The number of aryl methyl sites for hydroxylation is 1. The van der Waals surface area contributed by atoms with Crippen LogP contribution in [0.3, 0.4) is 0 Å². The molecule has 0 fully saturated rings. The van der Waals surface area contributed by atoms with Crippen LogP contribution in [0.25, 0.3) is 5.69 Å². The molecule has 0 aliphatic carbocycles. The number of amides is 1. The van der Waals surface area contributed by atoms with E-state index < -0.39 is 0 Å². The first-order valence-corrected chi connectivity index (χ1v) is 8.13. The van der Waals surface area contributed by atoms with Gasteiger partial charge in [-0.25, -0.2) is 0 Å². The topological polar surface area (TPSA) is 63.9 Å². The third-order valence-electron chi connectivity index (χ3n) is 3.74. The van der Waals surface area contributed by atoms with Crippen LogP contribution in [0.1, 0.15) is 25.0 Å². The fourth-order valence-corrected chi connectivity index (χ4v) is 2.71. The predicted molar refractivity (Wildman–Crippen MR) is 87.3 cm³/mol. The molecule has 22 heavy (non-hydrogen) atoms. The molecule has 2 rings (SSSR count). The summed E-state index contributed by atoms with van der Waals surface area (Å²) in [5.74, 6) is 0.385.